The summed E-state index contributed by atoms with van der Waals surface area (Å²) in [6, 6.07) is 33.1. The summed E-state index contributed by atoms with van der Waals surface area (Å²) in [6.45, 7) is 32.8. The number of nitrogens with one attached hydrogen (secondary N) is 6. The Morgan fingerprint density at radius 1 is 0.314 bits per heavy atom. The van der Waals surface area contributed by atoms with E-state index in [1.165, 1.54) is 129 Å². The first kappa shape index (κ1) is 98.2. The van der Waals surface area contributed by atoms with E-state index in [2.05, 4.69) is 212 Å². The summed E-state index contributed by atoms with van der Waals surface area (Å²) >= 11 is 6.17. The van der Waals surface area contributed by atoms with Gasteiger partial charge in [-0.05, 0) is 248 Å². The quantitative estimate of drug-likeness (QED) is 0.0200. The lowest BCUT2D eigenvalue weighted by molar-refractivity contribution is 0.321. The predicted molar refractivity (Wildman–Crippen MR) is 487 cm³/mol. The molecule has 121 heavy (non-hydrogen) atoms. The van der Waals surface area contributed by atoms with Gasteiger partial charge in [0.2, 0.25) is 0 Å². The zero-order valence-corrected chi connectivity index (χ0v) is 75.4. The summed E-state index contributed by atoms with van der Waals surface area (Å²) < 4.78 is 71.7. The zero-order chi connectivity index (χ0) is 87.8. The highest BCUT2D eigenvalue weighted by atomic mass is 35.5. The molecule has 25 heteroatoms. The van der Waals surface area contributed by atoms with E-state index in [1.807, 2.05) is 69.9 Å². The molecule has 0 bridgehead atoms. The second-order valence-corrected chi connectivity index (χ2v) is 32.0. The van der Waals surface area contributed by atoms with Crippen molar-refractivity contribution in [3.8, 4) is 73.3 Å². The maximum Gasteiger partial charge on any atom is 0.165 e. The summed E-state index contributed by atoms with van der Waals surface area (Å²) in [5.41, 5.74) is 22.8. The van der Waals surface area contributed by atoms with Crippen molar-refractivity contribution in [1.29, 1.82) is 0 Å². The molecule has 654 valence electrons. The van der Waals surface area contributed by atoms with E-state index in [4.69, 9.17) is 16.3 Å². The van der Waals surface area contributed by atoms with Crippen molar-refractivity contribution in [1.82, 2.24) is 90.6 Å². The van der Waals surface area contributed by atoms with E-state index in [9.17, 15) is 22.0 Å². The van der Waals surface area contributed by atoms with Gasteiger partial charge in [-0.1, -0.05) is 135 Å². The lowest BCUT2D eigenvalue weighted by Crippen LogP contribution is -2.19. The van der Waals surface area contributed by atoms with Crippen LogP contribution >= 0.6 is 11.6 Å². The molecule has 0 aliphatic rings. The molecule has 12 rings (SSSR count). The molecule has 6 N–H and O–H groups in total. The maximum absolute atomic E-state index is 13.8. The van der Waals surface area contributed by atoms with Gasteiger partial charge >= 0.3 is 0 Å². The molecule has 0 saturated carbocycles. The number of methoxy groups -OCH3 is 1. The Morgan fingerprint density at radius 3 is 1.02 bits per heavy atom. The molecule has 6 aromatic heterocycles. The van der Waals surface area contributed by atoms with Crippen LogP contribution in [0.15, 0.2) is 152 Å². The lowest BCUT2D eigenvalue weighted by Gasteiger charge is -2.17. The molecule has 0 aliphatic heterocycles. The molecule has 0 fully saturated rings. The van der Waals surface area contributed by atoms with Crippen molar-refractivity contribution in [2.75, 3.05) is 88.7 Å². The van der Waals surface area contributed by atoms with Gasteiger partial charge in [-0.15, -0.1) is 0 Å². The van der Waals surface area contributed by atoms with E-state index in [1.54, 1.807) is 42.7 Å². The first-order chi connectivity index (χ1) is 58.4. The van der Waals surface area contributed by atoms with Crippen LogP contribution in [-0.4, -0.2) is 179 Å². The van der Waals surface area contributed by atoms with Crippen LogP contribution in [0.2, 0.25) is 5.02 Å². The highest BCUT2D eigenvalue weighted by Gasteiger charge is 2.20. The van der Waals surface area contributed by atoms with Gasteiger partial charge in [-0.25, -0.2) is 22.0 Å². The normalized spacial score (nSPS) is 11.2. The molecule has 6 aromatic carbocycles. The number of aromatic amines is 6. The van der Waals surface area contributed by atoms with E-state index in [0.717, 1.165) is 193 Å². The van der Waals surface area contributed by atoms with Crippen molar-refractivity contribution < 1.29 is 26.7 Å². The summed E-state index contributed by atoms with van der Waals surface area (Å²) in [4.78, 5) is 13.7. The average Bonchev–Trinajstić information content (AvgIpc) is 1.51. The minimum Gasteiger partial charge on any atom is -0.494 e. The molecular formula is C96H132ClF5N18O. The van der Waals surface area contributed by atoms with Crippen LogP contribution in [0.3, 0.4) is 0 Å². The van der Waals surface area contributed by atoms with Crippen molar-refractivity contribution in [2.45, 2.75) is 192 Å². The number of benzene rings is 6. The third-order valence-electron chi connectivity index (χ3n) is 21.0. The number of nitrogens with zero attached hydrogens (tertiary/aromatic N) is 12. The van der Waals surface area contributed by atoms with Crippen molar-refractivity contribution in [3.63, 3.8) is 0 Å². The fourth-order valence-electron chi connectivity index (χ4n) is 14.0. The van der Waals surface area contributed by atoms with Gasteiger partial charge in [0.25, 0.3) is 0 Å². The SMILES string of the molecule is CCCCN(C)Cc1cn[nH]c1-c1cc(Cl)ccc1CC.CCCCN(C)Cc1cn[nH]c1-c1cc(F)ccc1C.CCCCN(C)Cc1cn[nH]c1-c1ccc(F)c(F)c1.CCCCN(C)Cc1cn[nH]c1-c1ccc(F)cc1C.CCCCN(C)Cc1cn[nH]c1-c1ccc(OC)c(F)c1.CCCCN(C)Cc1cn[nH]c1-c1ccccc1C. The number of hydrogen-bond donors (Lipinski definition) is 6. The number of aryl methyl sites for hydroxylation is 4. The Bertz CT molecular complexity index is 4950. The Hall–Kier alpha value is -9.92. The Labute approximate surface area is 721 Å². The Balaban J connectivity index is 0.000000200. The number of hydrogen-bond acceptors (Lipinski definition) is 13. The number of ether oxygens (including phenoxy) is 1. The van der Waals surface area contributed by atoms with Gasteiger partial charge in [-0.2, -0.15) is 30.6 Å². The topological polar surface area (TPSA) is 201 Å². The highest BCUT2D eigenvalue weighted by molar-refractivity contribution is 6.30. The second-order valence-electron chi connectivity index (χ2n) is 31.5. The first-order valence-corrected chi connectivity index (χ1v) is 43.2. The summed E-state index contributed by atoms with van der Waals surface area (Å²) in [5.74, 6) is -2.22. The number of rotatable bonds is 38. The van der Waals surface area contributed by atoms with Gasteiger partial charge in [0.1, 0.15) is 11.6 Å². The predicted octanol–water partition coefficient (Wildman–Crippen LogP) is 22.7. The van der Waals surface area contributed by atoms with Gasteiger partial charge < -0.3 is 34.1 Å². The van der Waals surface area contributed by atoms with Gasteiger partial charge in [-0.3, -0.25) is 30.6 Å². The van der Waals surface area contributed by atoms with Crippen LogP contribution in [0.4, 0.5) is 22.0 Å². The molecule has 0 atom stereocenters. The first-order valence-electron chi connectivity index (χ1n) is 42.8. The molecule has 19 nitrogen and oxygen atoms in total. The number of H-pyrrole nitrogens is 6. The summed E-state index contributed by atoms with van der Waals surface area (Å²) in [5, 5.41) is 43.8. The van der Waals surface area contributed by atoms with Crippen LogP contribution in [-0.2, 0) is 45.7 Å². The maximum atomic E-state index is 13.8. The van der Waals surface area contributed by atoms with Crippen LogP contribution in [0.1, 0.15) is 181 Å². The van der Waals surface area contributed by atoms with Crippen LogP contribution < -0.4 is 4.74 Å². The molecule has 0 saturated heterocycles. The van der Waals surface area contributed by atoms with Crippen LogP contribution in [0.5, 0.6) is 5.75 Å². The van der Waals surface area contributed by atoms with Crippen molar-refractivity contribution in [3.05, 3.63) is 242 Å². The van der Waals surface area contributed by atoms with E-state index in [-0.39, 0.29) is 23.2 Å². The van der Waals surface area contributed by atoms with Crippen LogP contribution in [0.25, 0.3) is 67.5 Å². The molecule has 0 spiro atoms. The van der Waals surface area contributed by atoms with E-state index in [0.29, 0.717) is 5.56 Å². The molecule has 0 amide bonds. The third-order valence-corrected chi connectivity index (χ3v) is 21.3. The average molecular weight is 1680 g/mol. The molecular weight excluding hydrogens is 1550 g/mol. The Morgan fingerprint density at radius 2 is 0.653 bits per heavy atom. The number of unbranched alkanes of at least 4 members (excludes halogenated alkanes) is 6. The molecule has 6 heterocycles. The summed E-state index contributed by atoms with van der Waals surface area (Å²) in [7, 11) is 14.1. The Kier molecular flexibility index (Phi) is 42.5. The number of aromatic nitrogens is 12. The molecule has 0 radical (unpaired) electrons. The minimum atomic E-state index is -0.845. The van der Waals surface area contributed by atoms with E-state index < -0.39 is 11.6 Å². The fraction of sp³-hybridized carbons (Fsp3) is 0.438. The monoisotopic (exact) mass is 1680 g/mol. The van der Waals surface area contributed by atoms with Gasteiger partial charge in [0.05, 0.1) is 78.5 Å². The minimum absolute atomic E-state index is 0.202. The van der Waals surface area contributed by atoms with Gasteiger partial charge in [0.15, 0.2) is 23.2 Å². The zero-order valence-electron chi connectivity index (χ0n) is 74.7. The number of halogens is 6. The highest BCUT2D eigenvalue weighted by Crippen LogP contribution is 2.33. The standard InChI is InChI=1S/C17H24ClN3.C16H22FN3O.2C16H22FN3.C16H23N3.C15H19F2N3/c1-4-6-9-21(3)12-14-11-19-20-17(14)16-10-15(18)8-7-13(16)5-2;1-4-5-8-20(2)11-13-10-18-19-16(13)12-6-7-15(21-3)14(17)9-12;1-4-5-8-20(3)11-13-10-18-19-16(13)15-7-6-14(17)9-12(15)2;1-4-5-8-20(3)11-13-10-18-19-16(13)15-9-14(17)7-6-12(15)2;1-4-5-10-19(3)12-14-11-17-18-16(14)15-9-7-6-8-13(15)2;1-3-4-7-20(2)10-12-9-18-19-15(12)11-5-6-13(16)14(17)8-11/h7-8,10-11H,4-6,9,12H2,1-3H3,(H,19,20);6-7,9-10H,4-5,8,11H2,1-3H3,(H,18,19);2*6-7,9-10H,4-5,8,11H2,1-3H3,(H,18,19);6-9,11H,4-5,10,12H2,1-3H3,(H,17,18);5-6,8-9H,3-4,7,10H2,1-2H3,(H,18,19). The molecule has 0 unspecified atom stereocenters. The molecule has 12 aromatic rings. The summed E-state index contributed by atoms with van der Waals surface area (Å²) in [6.07, 6.45) is 26.4. The fourth-order valence-corrected chi connectivity index (χ4v) is 14.2. The van der Waals surface area contributed by atoms with E-state index >= 15 is 0 Å². The molecule has 0 aliphatic carbocycles. The smallest absolute Gasteiger partial charge is 0.165 e. The second kappa shape index (κ2) is 52.4. The largest absolute Gasteiger partial charge is 0.494 e. The third kappa shape index (κ3) is 31.5. The van der Waals surface area contributed by atoms with Crippen molar-refractivity contribution >= 4 is 11.6 Å². The lowest BCUT2D eigenvalue weighted by atomic mass is 10.00. The van der Waals surface area contributed by atoms with Crippen LogP contribution in [0, 0.1) is 49.9 Å². The van der Waals surface area contributed by atoms with Gasteiger partial charge in [0, 0.05) is 111 Å². The van der Waals surface area contributed by atoms with Crippen molar-refractivity contribution in [2.24, 2.45) is 0 Å².